The minimum Gasteiger partial charge on any atom is -0.361 e. The van der Waals surface area contributed by atoms with Crippen LogP contribution in [0.5, 0.6) is 0 Å². The molecule has 1 aromatic carbocycles. The molecule has 0 aliphatic rings. The average Bonchev–Trinajstić information content (AvgIpc) is 2.59. The SMILES string of the molecule is CCC(C)c1c[nH]c2ccc(C)cc12. The van der Waals surface area contributed by atoms with Crippen molar-refractivity contribution in [3.8, 4) is 0 Å². The number of hydrogen-bond acceptors (Lipinski definition) is 0. The van der Waals surface area contributed by atoms with Gasteiger partial charge in [0.1, 0.15) is 0 Å². The van der Waals surface area contributed by atoms with Crippen LogP contribution in [-0.4, -0.2) is 4.98 Å². The molecule has 1 atom stereocenters. The number of fused-ring (bicyclic) bond motifs is 1. The molecule has 0 bridgehead atoms. The van der Waals surface area contributed by atoms with Gasteiger partial charge in [-0.3, -0.25) is 0 Å². The van der Waals surface area contributed by atoms with Crippen LogP contribution in [0.1, 0.15) is 37.3 Å². The first-order chi connectivity index (χ1) is 6.72. The first-order valence-electron chi connectivity index (χ1n) is 5.30. The summed E-state index contributed by atoms with van der Waals surface area (Å²) in [6.45, 7) is 6.66. The van der Waals surface area contributed by atoms with Crippen molar-refractivity contribution in [3.63, 3.8) is 0 Å². The standard InChI is InChI=1S/C13H17N/c1-4-10(3)12-8-14-13-6-5-9(2)7-11(12)13/h5-8,10,14H,4H2,1-3H3. The molecule has 0 saturated carbocycles. The molecule has 1 unspecified atom stereocenters. The normalized spacial score (nSPS) is 13.4. The monoisotopic (exact) mass is 187 g/mol. The van der Waals surface area contributed by atoms with E-state index in [4.69, 9.17) is 0 Å². The zero-order valence-electron chi connectivity index (χ0n) is 9.09. The molecule has 1 nitrogen and oxygen atoms in total. The lowest BCUT2D eigenvalue weighted by molar-refractivity contribution is 0.739. The van der Waals surface area contributed by atoms with Crippen molar-refractivity contribution in [3.05, 3.63) is 35.5 Å². The highest BCUT2D eigenvalue weighted by Crippen LogP contribution is 2.27. The van der Waals surface area contributed by atoms with Crippen LogP contribution in [-0.2, 0) is 0 Å². The summed E-state index contributed by atoms with van der Waals surface area (Å²) in [6.07, 6.45) is 3.35. The van der Waals surface area contributed by atoms with Gasteiger partial charge in [0.2, 0.25) is 0 Å². The zero-order valence-corrected chi connectivity index (χ0v) is 9.09. The Balaban J connectivity index is 2.61. The van der Waals surface area contributed by atoms with E-state index in [2.05, 4.69) is 50.2 Å². The van der Waals surface area contributed by atoms with Gasteiger partial charge in [-0.1, -0.05) is 25.5 Å². The summed E-state index contributed by atoms with van der Waals surface area (Å²) >= 11 is 0. The van der Waals surface area contributed by atoms with Crippen LogP contribution in [0, 0.1) is 6.92 Å². The van der Waals surface area contributed by atoms with Crippen molar-refractivity contribution < 1.29 is 0 Å². The predicted octanol–water partition coefficient (Wildman–Crippen LogP) is 3.99. The Labute approximate surface area is 85.1 Å². The molecule has 1 aromatic heterocycles. The van der Waals surface area contributed by atoms with Crippen LogP contribution in [0.3, 0.4) is 0 Å². The Kier molecular flexibility index (Phi) is 2.32. The van der Waals surface area contributed by atoms with E-state index in [0.29, 0.717) is 5.92 Å². The van der Waals surface area contributed by atoms with Gasteiger partial charge in [0, 0.05) is 17.1 Å². The summed E-state index contributed by atoms with van der Waals surface area (Å²) in [5, 5.41) is 1.39. The van der Waals surface area contributed by atoms with Crippen molar-refractivity contribution >= 4 is 10.9 Å². The van der Waals surface area contributed by atoms with Gasteiger partial charge in [0.25, 0.3) is 0 Å². The third kappa shape index (κ3) is 1.43. The number of hydrogen-bond donors (Lipinski definition) is 1. The lowest BCUT2D eigenvalue weighted by Gasteiger charge is -2.06. The molecule has 2 aromatic rings. The van der Waals surface area contributed by atoms with Gasteiger partial charge in [-0.25, -0.2) is 0 Å². The number of aromatic nitrogens is 1. The van der Waals surface area contributed by atoms with E-state index in [9.17, 15) is 0 Å². The van der Waals surface area contributed by atoms with Crippen molar-refractivity contribution in [1.82, 2.24) is 4.98 Å². The van der Waals surface area contributed by atoms with Crippen LogP contribution >= 0.6 is 0 Å². The van der Waals surface area contributed by atoms with E-state index in [-0.39, 0.29) is 0 Å². The third-order valence-electron chi connectivity index (χ3n) is 3.01. The van der Waals surface area contributed by atoms with Gasteiger partial charge in [-0.05, 0) is 37.0 Å². The Morgan fingerprint density at radius 3 is 2.86 bits per heavy atom. The molecule has 0 radical (unpaired) electrons. The van der Waals surface area contributed by atoms with Crippen LogP contribution in [0.25, 0.3) is 10.9 Å². The lowest BCUT2D eigenvalue weighted by atomic mass is 9.97. The molecule has 1 heteroatoms. The van der Waals surface area contributed by atoms with Gasteiger partial charge in [-0.2, -0.15) is 0 Å². The van der Waals surface area contributed by atoms with Gasteiger partial charge < -0.3 is 4.98 Å². The van der Waals surface area contributed by atoms with Gasteiger partial charge in [0.15, 0.2) is 0 Å². The van der Waals surface area contributed by atoms with E-state index >= 15 is 0 Å². The summed E-state index contributed by atoms with van der Waals surface area (Å²) in [7, 11) is 0. The fourth-order valence-electron chi connectivity index (χ4n) is 1.88. The van der Waals surface area contributed by atoms with Crippen LogP contribution in [0.15, 0.2) is 24.4 Å². The van der Waals surface area contributed by atoms with Crippen LogP contribution < -0.4 is 0 Å². The van der Waals surface area contributed by atoms with E-state index < -0.39 is 0 Å². The summed E-state index contributed by atoms with van der Waals surface area (Å²) in [4.78, 5) is 3.33. The second-order valence-electron chi connectivity index (χ2n) is 4.10. The topological polar surface area (TPSA) is 15.8 Å². The fourth-order valence-corrected chi connectivity index (χ4v) is 1.88. The minimum absolute atomic E-state index is 0.644. The highest BCUT2D eigenvalue weighted by molar-refractivity contribution is 5.84. The summed E-state index contributed by atoms with van der Waals surface area (Å²) in [5.74, 6) is 0.644. The summed E-state index contributed by atoms with van der Waals surface area (Å²) < 4.78 is 0. The molecule has 0 aliphatic heterocycles. The fraction of sp³-hybridized carbons (Fsp3) is 0.385. The van der Waals surface area contributed by atoms with Gasteiger partial charge in [-0.15, -0.1) is 0 Å². The first-order valence-corrected chi connectivity index (χ1v) is 5.30. The molecule has 2 rings (SSSR count). The van der Waals surface area contributed by atoms with Gasteiger partial charge >= 0.3 is 0 Å². The Morgan fingerprint density at radius 1 is 1.36 bits per heavy atom. The largest absolute Gasteiger partial charge is 0.361 e. The molecular formula is C13H17N. The van der Waals surface area contributed by atoms with E-state index in [1.54, 1.807) is 0 Å². The van der Waals surface area contributed by atoms with Crippen LogP contribution in [0.4, 0.5) is 0 Å². The summed E-state index contributed by atoms with van der Waals surface area (Å²) in [6, 6.07) is 6.59. The second-order valence-corrected chi connectivity index (χ2v) is 4.10. The second kappa shape index (κ2) is 3.49. The molecule has 14 heavy (non-hydrogen) atoms. The van der Waals surface area contributed by atoms with Gasteiger partial charge in [0.05, 0.1) is 0 Å². The molecule has 0 spiro atoms. The maximum absolute atomic E-state index is 3.33. The first kappa shape index (κ1) is 9.32. The molecule has 0 amide bonds. The number of aryl methyl sites for hydroxylation is 1. The van der Waals surface area contributed by atoms with Crippen molar-refractivity contribution in [2.45, 2.75) is 33.1 Å². The Morgan fingerprint density at radius 2 is 2.14 bits per heavy atom. The lowest BCUT2D eigenvalue weighted by Crippen LogP contribution is -1.88. The number of rotatable bonds is 2. The molecular weight excluding hydrogens is 170 g/mol. The average molecular weight is 187 g/mol. The highest BCUT2D eigenvalue weighted by atomic mass is 14.7. The van der Waals surface area contributed by atoms with Crippen molar-refractivity contribution in [2.75, 3.05) is 0 Å². The Bertz CT molecular complexity index is 439. The quantitative estimate of drug-likeness (QED) is 0.731. The van der Waals surface area contributed by atoms with E-state index in [1.807, 2.05) is 0 Å². The molecule has 74 valence electrons. The number of H-pyrrole nitrogens is 1. The predicted molar refractivity (Wildman–Crippen MR) is 61.7 cm³/mol. The molecule has 1 N–H and O–H groups in total. The highest BCUT2D eigenvalue weighted by Gasteiger charge is 2.08. The summed E-state index contributed by atoms with van der Waals surface area (Å²) in [5.41, 5.74) is 4.04. The number of nitrogens with one attached hydrogen (secondary N) is 1. The van der Waals surface area contributed by atoms with Crippen LogP contribution in [0.2, 0.25) is 0 Å². The minimum atomic E-state index is 0.644. The smallest absolute Gasteiger partial charge is 0.0457 e. The molecule has 0 aliphatic carbocycles. The molecule has 0 fully saturated rings. The maximum Gasteiger partial charge on any atom is 0.0457 e. The molecule has 0 saturated heterocycles. The molecule has 1 heterocycles. The van der Waals surface area contributed by atoms with E-state index in [1.165, 1.54) is 28.5 Å². The van der Waals surface area contributed by atoms with Crippen molar-refractivity contribution in [2.24, 2.45) is 0 Å². The Hall–Kier alpha value is -1.24. The number of benzene rings is 1. The third-order valence-corrected chi connectivity index (χ3v) is 3.01. The maximum atomic E-state index is 3.33. The number of aromatic amines is 1. The van der Waals surface area contributed by atoms with Crippen molar-refractivity contribution in [1.29, 1.82) is 0 Å². The van der Waals surface area contributed by atoms with E-state index in [0.717, 1.165) is 0 Å². The zero-order chi connectivity index (χ0) is 10.1.